The van der Waals surface area contributed by atoms with Crippen LogP contribution >= 0.6 is 0 Å². The molecule has 1 saturated carbocycles. The van der Waals surface area contributed by atoms with Gasteiger partial charge in [0.15, 0.2) is 0 Å². The van der Waals surface area contributed by atoms with Crippen molar-refractivity contribution < 1.29 is 4.74 Å². The summed E-state index contributed by atoms with van der Waals surface area (Å²) in [5, 5.41) is 0. The molecule has 1 aromatic rings. The lowest BCUT2D eigenvalue weighted by Crippen LogP contribution is -2.32. The second-order valence-electron chi connectivity index (χ2n) is 6.33. The van der Waals surface area contributed by atoms with Gasteiger partial charge in [-0.3, -0.25) is 0 Å². The molecule has 1 fully saturated rings. The first-order valence-corrected chi connectivity index (χ1v) is 7.63. The molecule has 104 valence electrons. The van der Waals surface area contributed by atoms with Crippen molar-refractivity contribution >= 4 is 0 Å². The quantitative estimate of drug-likeness (QED) is 0.845. The second kappa shape index (κ2) is 4.82. The third-order valence-corrected chi connectivity index (χ3v) is 5.11. The van der Waals surface area contributed by atoms with Gasteiger partial charge < -0.3 is 10.5 Å². The molecule has 0 bridgehead atoms. The maximum Gasteiger partial charge on any atom is 0.122 e. The lowest BCUT2D eigenvalue weighted by molar-refractivity contribution is 0.397. The number of aryl methyl sites for hydroxylation is 2. The van der Waals surface area contributed by atoms with Gasteiger partial charge in [0.2, 0.25) is 0 Å². The molecule has 0 heterocycles. The molecule has 0 spiro atoms. The number of ether oxygens (including phenoxy) is 1. The molecule has 2 heteroatoms. The average molecular weight is 259 g/mol. The lowest BCUT2D eigenvalue weighted by atomic mass is 9.85. The second-order valence-corrected chi connectivity index (χ2v) is 6.33. The van der Waals surface area contributed by atoms with Gasteiger partial charge in [-0.15, -0.1) is 0 Å². The van der Waals surface area contributed by atoms with E-state index < -0.39 is 0 Å². The maximum absolute atomic E-state index is 6.24. The molecule has 0 saturated heterocycles. The lowest BCUT2D eigenvalue weighted by Gasteiger charge is -2.24. The van der Waals surface area contributed by atoms with Crippen molar-refractivity contribution in [3.63, 3.8) is 0 Å². The zero-order chi connectivity index (χ0) is 13.5. The third kappa shape index (κ3) is 2.16. The highest BCUT2D eigenvalue weighted by molar-refractivity contribution is 5.50. The van der Waals surface area contributed by atoms with Gasteiger partial charge >= 0.3 is 0 Å². The van der Waals surface area contributed by atoms with Gasteiger partial charge in [0, 0.05) is 17.0 Å². The normalized spacial score (nSPS) is 22.3. The van der Waals surface area contributed by atoms with Crippen molar-refractivity contribution in [1.82, 2.24) is 0 Å². The van der Waals surface area contributed by atoms with Crippen molar-refractivity contribution in [1.29, 1.82) is 0 Å². The first kappa shape index (κ1) is 13.0. The van der Waals surface area contributed by atoms with Crippen molar-refractivity contribution in [2.45, 2.75) is 63.3 Å². The summed E-state index contributed by atoms with van der Waals surface area (Å²) >= 11 is 0. The monoisotopic (exact) mass is 259 g/mol. The Morgan fingerprint density at radius 3 is 2.26 bits per heavy atom. The van der Waals surface area contributed by atoms with E-state index in [-0.39, 0.29) is 11.5 Å². The molecule has 1 atom stereocenters. The number of fused-ring (bicyclic) bond motifs is 1. The van der Waals surface area contributed by atoms with Gasteiger partial charge in [-0.25, -0.2) is 0 Å². The summed E-state index contributed by atoms with van der Waals surface area (Å²) in [4.78, 5) is 0. The highest BCUT2D eigenvalue weighted by Crippen LogP contribution is 2.53. The van der Waals surface area contributed by atoms with Crippen LogP contribution in [0.5, 0.6) is 5.75 Å². The summed E-state index contributed by atoms with van der Waals surface area (Å²) in [6, 6.07) is 4.92. The fraction of sp³-hybridized carbons (Fsp3) is 0.647. The molecule has 1 unspecified atom stereocenters. The average Bonchev–Trinajstić information content (AvgIpc) is 3.21. The third-order valence-electron chi connectivity index (χ3n) is 5.11. The van der Waals surface area contributed by atoms with Crippen LogP contribution in [0.15, 0.2) is 12.1 Å². The fourth-order valence-corrected chi connectivity index (χ4v) is 3.60. The van der Waals surface area contributed by atoms with Crippen LogP contribution in [0, 0.1) is 0 Å². The van der Waals surface area contributed by atoms with Gasteiger partial charge in [0.25, 0.3) is 0 Å². The van der Waals surface area contributed by atoms with Crippen LogP contribution in [-0.2, 0) is 18.3 Å². The molecule has 0 aromatic heterocycles. The van der Waals surface area contributed by atoms with Gasteiger partial charge in [-0.2, -0.15) is 0 Å². The highest BCUT2D eigenvalue weighted by Gasteiger charge is 2.49. The number of hydrogen-bond acceptors (Lipinski definition) is 2. The van der Waals surface area contributed by atoms with E-state index in [0.717, 1.165) is 5.75 Å². The van der Waals surface area contributed by atoms with Crippen molar-refractivity contribution in [3.05, 3.63) is 28.8 Å². The minimum Gasteiger partial charge on any atom is -0.496 e. The Bertz CT molecular complexity index is 474. The smallest absolute Gasteiger partial charge is 0.122 e. The summed E-state index contributed by atoms with van der Waals surface area (Å²) in [6.07, 6.45) is 8.83. The van der Waals surface area contributed by atoms with E-state index >= 15 is 0 Å². The molecule has 2 aliphatic carbocycles. The minimum atomic E-state index is 0.187. The Kier molecular flexibility index (Phi) is 3.30. The maximum atomic E-state index is 6.24. The summed E-state index contributed by atoms with van der Waals surface area (Å²) in [7, 11) is 1.79. The van der Waals surface area contributed by atoms with Crippen LogP contribution in [0.2, 0.25) is 0 Å². The Morgan fingerprint density at radius 2 is 1.74 bits per heavy atom. The van der Waals surface area contributed by atoms with Crippen LogP contribution < -0.4 is 10.5 Å². The fourth-order valence-electron chi connectivity index (χ4n) is 3.60. The molecule has 0 radical (unpaired) electrons. The van der Waals surface area contributed by atoms with E-state index in [2.05, 4.69) is 19.1 Å². The molecule has 0 aliphatic heterocycles. The van der Waals surface area contributed by atoms with E-state index in [9.17, 15) is 0 Å². The number of benzene rings is 1. The minimum absolute atomic E-state index is 0.187. The van der Waals surface area contributed by atoms with E-state index in [4.69, 9.17) is 10.5 Å². The predicted molar refractivity (Wildman–Crippen MR) is 78.8 cm³/mol. The molecule has 2 nitrogen and oxygen atoms in total. The topological polar surface area (TPSA) is 35.2 Å². The Hall–Kier alpha value is -1.02. The van der Waals surface area contributed by atoms with Crippen molar-refractivity contribution in [2.75, 3.05) is 7.11 Å². The Balaban J connectivity index is 2.06. The zero-order valence-electron chi connectivity index (χ0n) is 12.2. The first-order chi connectivity index (χ1) is 9.17. The van der Waals surface area contributed by atoms with Gasteiger partial charge in [-0.05, 0) is 62.6 Å². The summed E-state index contributed by atoms with van der Waals surface area (Å²) in [6.45, 7) is 2.14. The number of hydrogen-bond donors (Lipinski definition) is 1. The van der Waals surface area contributed by atoms with Crippen LogP contribution in [0.1, 0.15) is 55.7 Å². The first-order valence-electron chi connectivity index (χ1n) is 7.63. The van der Waals surface area contributed by atoms with Crippen molar-refractivity contribution in [2.24, 2.45) is 5.73 Å². The van der Waals surface area contributed by atoms with Crippen molar-refractivity contribution in [3.8, 4) is 5.75 Å². The number of methoxy groups -OCH3 is 1. The van der Waals surface area contributed by atoms with Crippen LogP contribution in [0.3, 0.4) is 0 Å². The van der Waals surface area contributed by atoms with Crippen LogP contribution in [-0.4, -0.2) is 13.2 Å². The molecule has 1 aromatic carbocycles. The molecule has 2 aliphatic rings. The standard InChI is InChI=1S/C17H25NO/c1-12(18)17(8-9-17)15-10-13-6-4-3-5-7-14(13)11-16(15)19-2/h10-12H,3-9,18H2,1-2H3. The van der Waals surface area contributed by atoms with E-state index in [0.29, 0.717) is 0 Å². The predicted octanol–water partition coefficient (Wildman–Crippen LogP) is 3.34. The zero-order valence-corrected chi connectivity index (χ0v) is 12.2. The Labute approximate surface area is 116 Å². The van der Waals surface area contributed by atoms with Crippen LogP contribution in [0.4, 0.5) is 0 Å². The molecule has 2 N–H and O–H groups in total. The largest absolute Gasteiger partial charge is 0.496 e. The highest BCUT2D eigenvalue weighted by atomic mass is 16.5. The van der Waals surface area contributed by atoms with E-state index in [1.807, 2.05) is 0 Å². The van der Waals surface area contributed by atoms with Gasteiger partial charge in [0.05, 0.1) is 7.11 Å². The molecule has 19 heavy (non-hydrogen) atoms. The number of nitrogens with two attached hydrogens (primary N) is 1. The van der Waals surface area contributed by atoms with E-state index in [1.54, 1.807) is 12.7 Å². The molecular formula is C17H25NO. The van der Waals surface area contributed by atoms with Gasteiger partial charge in [-0.1, -0.05) is 12.5 Å². The number of rotatable bonds is 3. The SMILES string of the molecule is COc1cc2c(cc1C1(C(C)N)CC1)CCCCC2. The molecule has 0 amide bonds. The Morgan fingerprint density at radius 1 is 1.11 bits per heavy atom. The molecular weight excluding hydrogens is 234 g/mol. The van der Waals surface area contributed by atoms with E-state index in [1.165, 1.54) is 56.1 Å². The summed E-state index contributed by atoms with van der Waals surface area (Å²) in [5.41, 5.74) is 10.8. The van der Waals surface area contributed by atoms with Gasteiger partial charge in [0.1, 0.15) is 5.75 Å². The van der Waals surface area contributed by atoms with Crippen LogP contribution in [0.25, 0.3) is 0 Å². The summed E-state index contributed by atoms with van der Waals surface area (Å²) < 4.78 is 5.67. The summed E-state index contributed by atoms with van der Waals surface area (Å²) in [5.74, 6) is 1.07. The molecule has 3 rings (SSSR count).